The molecule has 2 heterocycles. The number of fused-ring (bicyclic) bond motifs is 1. The summed E-state index contributed by atoms with van der Waals surface area (Å²) < 4.78 is 0.836. The maximum Gasteiger partial charge on any atom is 0.254 e. The average molecular weight is 338 g/mol. The number of nitrogen functional groups attached to an aromatic ring is 1. The maximum atomic E-state index is 12.7. The standard InChI is InChI=1S/C15H20BrN3O/c1-10-8-18-6-2-3-12(18)9-19(10)15(20)11-4-5-13(16)14(17)7-11/h4-5,7,10,12H,2-3,6,8-9,17H2,1H3. The van der Waals surface area contributed by atoms with Gasteiger partial charge in [0, 0.05) is 40.9 Å². The molecule has 5 heteroatoms. The number of rotatable bonds is 1. The summed E-state index contributed by atoms with van der Waals surface area (Å²) in [4.78, 5) is 17.2. The maximum absolute atomic E-state index is 12.7. The molecule has 20 heavy (non-hydrogen) atoms. The molecule has 2 fully saturated rings. The number of benzene rings is 1. The van der Waals surface area contributed by atoms with Gasteiger partial charge in [-0.1, -0.05) is 0 Å². The predicted octanol–water partition coefficient (Wildman–Crippen LogP) is 2.34. The molecule has 2 N–H and O–H groups in total. The summed E-state index contributed by atoms with van der Waals surface area (Å²) in [5.41, 5.74) is 7.18. The van der Waals surface area contributed by atoms with E-state index in [2.05, 4.69) is 27.8 Å². The van der Waals surface area contributed by atoms with Gasteiger partial charge < -0.3 is 10.6 Å². The quantitative estimate of drug-likeness (QED) is 0.800. The molecule has 1 amide bonds. The van der Waals surface area contributed by atoms with Crippen LogP contribution in [-0.2, 0) is 0 Å². The molecule has 2 atom stereocenters. The number of piperazine rings is 1. The monoisotopic (exact) mass is 337 g/mol. The van der Waals surface area contributed by atoms with Crippen LogP contribution in [0.5, 0.6) is 0 Å². The fourth-order valence-corrected chi connectivity index (χ4v) is 3.56. The zero-order chi connectivity index (χ0) is 14.3. The summed E-state index contributed by atoms with van der Waals surface area (Å²) in [7, 11) is 0. The topological polar surface area (TPSA) is 49.6 Å². The zero-order valence-corrected chi connectivity index (χ0v) is 13.3. The summed E-state index contributed by atoms with van der Waals surface area (Å²) in [6.07, 6.45) is 2.46. The lowest BCUT2D eigenvalue weighted by atomic mass is 10.1. The van der Waals surface area contributed by atoms with Crippen molar-refractivity contribution in [3.05, 3.63) is 28.2 Å². The number of hydrogen-bond acceptors (Lipinski definition) is 3. The second-order valence-electron chi connectivity index (χ2n) is 5.83. The number of nitrogens with two attached hydrogens (primary N) is 1. The molecule has 2 aliphatic heterocycles. The van der Waals surface area contributed by atoms with Gasteiger partial charge in [-0.25, -0.2) is 0 Å². The Bertz CT molecular complexity index is 534. The van der Waals surface area contributed by atoms with Crippen LogP contribution in [0.15, 0.2) is 22.7 Å². The summed E-state index contributed by atoms with van der Waals surface area (Å²) >= 11 is 3.37. The van der Waals surface area contributed by atoms with E-state index in [1.165, 1.54) is 19.4 Å². The van der Waals surface area contributed by atoms with E-state index in [0.29, 0.717) is 17.3 Å². The van der Waals surface area contributed by atoms with E-state index in [0.717, 1.165) is 17.6 Å². The van der Waals surface area contributed by atoms with E-state index in [4.69, 9.17) is 5.73 Å². The lowest BCUT2D eigenvalue weighted by molar-refractivity contribution is 0.0395. The first-order valence-electron chi connectivity index (χ1n) is 7.16. The van der Waals surface area contributed by atoms with Gasteiger partial charge in [-0.3, -0.25) is 9.69 Å². The lowest BCUT2D eigenvalue weighted by Gasteiger charge is -2.42. The van der Waals surface area contributed by atoms with Crippen LogP contribution in [0.4, 0.5) is 5.69 Å². The number of halogens is 1. The smallest absolute Gasteiger partial charge is 0.254 e. The van der Waals surface area contributed by atoms with Crippen LogP contribution in [0.3, 0.4) is 0 Å². The van der Waals surface area contributed by atoms with Crippen LogP contribution in [0.25, 0.3) is 0 Å². The minimum atomic E-state index is 0.100. The van der Waals surface area contributed by atoms with Crippen LogP contribution < -0.4 is 5.73 Å². The Morgan fingerprint density at radius 3 is 2.95 bits per heavy atom. The molecule has 0 aliphatic carbocycles. The van der Waals surface area contributed by atoms with Crippen molar-refractivity contribution in [1.29, 1.82) is 0 Å². The van der Waals surface area contributed by atoms with E-state index < -0.39 is 0 Å². The fraction of sp³-hybridized carbons (Fsp3) is 0.533. The highest BCUT2D eigenvalue weighted by atomic mass is 79.9. The van der Waals surface area contributed by atoms with Gasteiger partial charge in [-0.2, -0.15) is 0 Å². The van der Waals surface area contributed by atoms with Crippen molar-refractivity contribution in [3.63, 3.8) is 0 Å². The molecule has 0 aromatic heterocycles. The van der Waals surface area contributed by atoms with Gasteiger partial charge >= 0.3 is 0 Å². The van der Waals surface area contributed by atoms with Gasteiger partial charge in [-0.15, -0.1) is 0 Å². The molecule has 0 spiro atoms. The minimum Gasteiger partial charge on any atom is -0.398 e. The summed E-state index contributed by atoms with van der Waals surface area (Å²) in [6, 6.07) is 6.26. The first kappa shape index (κ1) is 13.9. The summed E-state index contributed by atoms with van der Waals surface area (Å²) in [5, 5.41) is 0. The largest absolute Gasteiger partial charge is 0.398 e. The third kappa shape index (κ3) is 2.44. The van der Waals surface area contributed by atoms with Gasteiger partial charge in [0.15, 0.2) is 0 Å². The molecular formula is C15H20BrN3O. The fourth-order valence-electron chi connectivity index (χ4n) is 3.31. The molecule has 2 aliphatic rings. The Morgan fingerprint density at radius 2 is 2.20 bits per heavy atom. The first-order chi connectivity index (χ1) is 9.56. The Morgan fingerprint density at radius 1 is 1.40 bits per heavy atom. The Hall–Kier alpha value is -1.07. The van der Waals surface area contributed by atoms with E-state index in [9.17, 15) is 4.79 Å². The van der Waals surface area contributed by atoms with Gasteiger partial charge in [0.05, 0.1) is 0 Å². The van der Waals surface area contributed by atoms with Crippen molar-refractivity contribution in [2.75, 3.05) is 25.4 Å². The predicted molar refractivity (Wildman–Crippen MR) is 83.6 cm³/mol. The van der Waals surface area contributed by atoms with E-state index in [1.54, 1.807) is 6.07 Å². The third-order valence-electron chi connectivity index (χ3n) is 4.44. The van der Waals surface area contributed by atoms with Gasteiger partial charge in [0.1, 0.15) is 0 Å². The molecule has 1 aromatic carbocycles. The molecule has 0 saturated carbocycles. The second-order valence-corrected chi connectivity index (χ2v) is 6.69. The van der Waals surface area contributed by atoms with E-state index >= 15 is 0 Å². The van der Waals surface area contributed by atoms with E-state index in [1.807, 2.05) is 17.0 Å². The lowest BCUT2D eigenvalue weighted by Crippen LogP contribution is -2.56. The molecule has 1 aromatic rings. The minimum absolute atomic E-state index is 0.100. The Labute approximate surface area is 128 Å². The second kappa shape index (κ2) is 5.37. The van der Waals surface area contributed by atoms with Crippen molar-refractivity contribution < 1.29 is 4.79 Å². The van der Waals surface area contributed by atoms with Crippen LogP contribution in [0, 0.1) is 0 Å². The van der Waals surface area contributed by atoms with Crippen molar-refractivity contribution >= 4 is 27.5 Å². The summed E-state index contributed by atoms with van der Waals surface area (Å²) in [6.45, 7) is 5.15. The Balaban J connectivity index is 1.80. The highest BCUT2D eigenvalue weighted by molar-refractivity contribution is 9.10. The molecule has 3 rings (SSSR count). The van der Waals surface area contributed by atoms with Crippen molar-refractivity contribution in [3.8, 4) is 0 Å². The SMILES string of the molecule is CC1CN2CCCC2CN1C(=O)c1ccc(Br)c(N)c1. The van der Waals surface area contributed by atoms with Crippen LogP contribution in [0.2, 0.25) is 0 Å². The van der Waals surface area contributed by atoms with E-state index in [-0.39, 0.29) is 11.9 Å². The molecule has 2 unspecified atom stereocenters. The highest BCUT2D eigenvalue weighted by Gasteiger charge is 2.36. The van der Waals surface area contributed by atoms with Gasteiger partial charge in [-0.05, 0) is 60.4 Å². The molecule has 0 bridgehead atoms. The van der Waals surface area contributed by atoms with Crippen LogP contribution in [0.1, 0.15) is 30.1 Å². The normalized spacial score (nSPS) is 26.6. The average Bonchev–Trinajstić information content (AvgIpc) is 2.87. The van der Waals surface area contributed by atoms with Crippen molar-refractivity contribution in [1.82, 2.24) is 9.80 Å². The van der Waals surface area contributed by atoms with Crippen molar-refractivity contribution in [2.24, 2.45) is 0 Å². The number of carbonyl (C=O) groups is 1. The number of carbonyl (C=O) groups excluding carboxylic acids is 1. The number of amides is 1. The molecular weight excluding hydrogens is 318 g/mol. The molecule has 4 nitrogen and oxygen atoms in total. The number of anilines is 1. The van der Waals surface area contributed by atoms with Gasteiger partial charge in [0.2, 0.25) is 0 Å². The van der Waals surface area contributed by atoms with Crippen LogP contribution in [-0.4, -0.2) is 47.4 Å². The van der Waals surface area contributed by atoms with Gasteiger partial charge in [0.25, 0.3) is 5.91 Å². The molecule has 108 valence electrons. The third-order valence-corrected chi connectivity index (χ3v) is 5.16. The highest BCUT2D eigenvalue weighted by Crippen LogP contribution is 2.27. The molecule has 0 radical (unpaired) electrons. The number of hydrogen-bond donors (Lipinski definition) is 1. The first-order valence-corrected chi connectivity index (χ1v) is 7.95. The number of nitrogens with zero attached hydrogens (tertiary/aromatic N) is 2. The Kier molecular flexibility index (Phi) is 3.73. The van der Waals surface area contributed by atoms with Crippen molar-refractivity contribution in [2.45, 2.75) is 31.8 Å². The summed E-state index contributed by atoms with van der Waals surface area (Å²) in [5.74, 6) is 0.100. The van der Waals surface area contributed by atoms with Crippen LogP contribution >= 0.6 is 15.9 Å². The molecule has 2 saturated heterocycles. The zero-order valence-electron chi connectivity index (χ0n) is 11.7.